The first kappa shape index (κ1) is 12.0. The maximum Gasteiger partial charge on any atom is 0.308 e. The van der Waals surface area contributed by atoms with E-state index in [1.165, 1.54) is 6.20 Å². The van der Waals surface area contributed by atoms with E-state index in [-0.39, 0.29) is 11.7 Å². The Morgan fingerprint density at radius 1 is 1.62 bits per heavy atom. The summed E-state index contributed by atoms with van der Waals surface area (Å²) in [4.78, 5) is 14.6. The van der Waals surface area contributed by atoms with Gasteiger partial charge in [0.25, 0.3) is 0 Å². The lowest BCUT2D eigenvalue weighted by Gasteiger charge is -2.19. The molecule has 0 amide bonds. The van der Waals surface area contributed by atoms with Crippen LogP contribution in [0.25, 0.3) is 0 Å². The van der Waals surface area contributed by atoms with Gasteiger partial charge in [-0.3, -0.25) is 4.79 Å². The second kappa shape index (κ2) is 5.12. The van der Waals surface area contributed by atoms with Crippen LogP contribution in [-0.4, -0.2) is 22.1 Å². The molecule has 1 aromatic heterocycles. The number of carboxylic acid groups (broad SMARTS) is 1. The molecule has 0 aliphatic carbocycles. The Balaban J connectivity index is 2.81. The largest absolute Gasteiger partial charge is 0.481 e. The van der Waals surface area contributed by atoms with Gasteiger partial charge in [0.15, 0.2) is 5.69 Å². The van der Waals surface area contributed by atoms with Gasteiger partial charge in [-0.2, -0.15) is 5.26 Å². The van der Waals surface area contributed by atoms with Crippen LogP contribution in [0.3, 0.4) is 0 Å². The number of anilines is 1. The van der Waals surface area contributed by atoms with E-state index >= 15 is 0 Å². The molecule has 2 N–H and O–H groups in total. The molecular weight excluding hydrogens is 206 g/mol. The van der Waals surface area contributed by atoms with Crippen molar-refractivity contribution in [2.45, 2.75) is 19.9 Å². The number of carbonyl (C=O) groups is 1. The average molecular weight is 219 g/mol. The summed E-state index contributed by atoms with van der Waals surface area (Å²) < 4.78 is 0. The highest BCUT2D eigenvalue weighted by Gasteiger charge is 2.19. The molecule has 1 aromatic rings. The number of nitrogens with zero attached hydrogens (tertiary/aromatic N) is 2. The topological polar surface area (TPSA) is 86.0 Å². The van der Waals surface area contributed by atoms with Crippen LogP contribution in [-0.2, 0) is 4.79 Å². The van der Waals surface area contributed by atoms with E-state index < -0.39 is 11.9 Å². The lowest BCUT2D eigenvalue weighted by molar-refractivity contribution is -0.141. The highest BCUT2D eigenvalue weighted by molar-refractivity contribution is 5.71. The molecule has 0 saturated heterocycles. The smallest absolute Gasteiger partial charge is 0.308 e. The van der Waals surface area contributed by atoms with Gasteiger partial charge in [0.2, 0.25) is 0 Å². The third kappa shape index (κ3) is 2.70. The van der Waals surface area contributed by atoms with Gasteiger partial charge < -0.3 is 10.4 Å². The van der Waals surface area contributed by atoms with Crippen molar-refractivity contribution in [2.24, 2.45) is 5.92 Å². The van der Waals surface area contributed by atoms with Crippen molar-refractivity contribution >= 4 is 11.7 Å². The van der Waals surface area contributed by atoms with Gasteiger partial charge in [0.1, 0.15) is 6.07 Å². The monoisotopic (exact) mass is 219 g/mol. The number of hydrogen-bond acceptors (Lipinski definition) is 4. The Labute approximate surface area is 93.7 Å². The molecule has 84 valence electrons. The van der Waals surface area contributed by atoms with E-state index in [4.69, 9.17) is 10.4 Å². The van der Waals surface area contributed by atoms with Crippen LogP contribution in [0, 0.1) is 17.2 Å². The third-order valence-corrected chi connectivity index (χ3v) is 2.44. The van der Waals surface area contributed by atoms with Gasteiger partial charge in [0, 0.05) is 12.2 Å². The molecule has 16 heavy (non-hydrogen) atoms. The van der Waals surface area contributed by atoms with Crippen molar-refractivity contribution in [1.82, 2.24) is 4.98 Å². The molecule has 1 heterocycles. The van der Waals surface area contributed by atoms with Crippen molar-refractivity contribution < 1.29 is 9.90 Å². The van der Waals surface area contributed by atoms with Crippen molar-refractivity contribution in [3.05, 3.63) is 24.0 Å². The summed E-state index contributed by atoms with van der Waals surface area (Å²) in [7, 11) is 0. The van der Waals surface area contributed by atoms with Crippen molar-refractivity contribution in [1.29, 1.82) is 5.26 Å². The minimum Gasteiger partial charge on any atom is -0.481 e. The van der Waals surface area contributed by atoms with E-state index in [0.29, 0.717) is 5.69 Å². The normalized spacial score (nSPS) is 13.6. The molecule has 0 aliphatic rings. The average Bonchev–Trinajstić information content (AvgIpc) is 2.28. The molecule has 0 saturated carbocycles. The van der Waals surface area contributed by atoms with Crippen LogP contribution in [0.2, 0.25) is 0 Å². The van der Waals surface area contributed by atoms with Gasteiger partial charge in [0.05, 0.1) is 11.6 Å². The van der Waals surface area contributed by atoms with Crippen LogP contribution < -0.4 is 5.32 Å². The summed E-state index contributed by atoms with van der Waals surface area (Å²) in [6.45, 7) is 3.37. The number of nitrogens with one attached hydrogen (secondary N) is 1. The zero-order valence-corrected chi connectivity index (χ0v) is 9.14. The molecule has 2 unspecified atom stereocenters. The van der Waals surface area contributed by atoms with Gasteiger partial charge in [-0.05, 0) is 26.0 Å². The maximum atomic E-state index is 10.8. The standard InChI is InChI=1S/C11H13N3O2/c1-7(11(15)16)8(2)14-9-4-3-5-13-10(9)6-12/h3-5,7-8,14H,1-2H3,(H,15,16). The first-order valence-corrected chi connectivity index (χ1v) is 4.90. The lowest BCUT2D eigenvalue weighted by atomic mass is 10.0. The molecule has 2 atom stereocenters. The van der Waals surface area contributed by atoms with E-state index in [0.717, 1.165) is 0 Å². The highest BCUT2D eigenvalue weighted by Crippen LogP contribution is 2.15. The molecule has 0 fully saturated rings. The Morgan fingerprint density at radius 2 is 2.31 bits per heavy atom. The van der Waals surface area contributed by atoms with Crippen molar-refractivity contribution in [3.8, 4) is 6.07 Å². The quantitative estimate of drug-likeness (QED) is 0.800. The van der Waals surface area contributed by atoms with E-state index in [1.54, 1.807) is 26.0 Å². The summed E-state index contributed by atoms with van der Waals surface area (Å²) in [5, 5.41) is 20.6. The summed E-state index contributed by atoms with van der Waals surface area (Å²) in [6.07, 6.45) is 1.52. The number of aromatic nitrogens is 1. The van der Waals surface area contributed by atoms with Crippen molar-refractivity contribution in [2.75, 3.05) is 5.32 Å². The molecular formula is C11H13N3O2. The predicted octanol–water partition coefficient (Wildman–Crippen LogP) is 1.47. The first-order valence-electron chi connectivity index (χ1n) is 4.90. The Kier molecular flexibility index (Phi) is 3.84. The fraction of sp³-hybridized carbons (Fsp3) is 0.364. The summed E-state index contributed by atoms with van der Waals surface area (Å²) >= 11 is 0. The fourth-order valence-corrected chi connectivity index (χ4v) is 1.20. The highest BCUT2D eigenvalue weighted by atomic mass is 16.4. The second-order valence-electron chi connectivity index (χ2n) is 3.57. The summed E-state index contributed by atoms with van der Waals surface area (Å²) in [5.74, 6) is -1.41. The van der Waals surface area contributed by atoms with Crippen LogP contribution >= 0.6 is 0 Å². The van der Waals surface area contributed by atoms with Crippen LogP contribution in [0.15, 0.2) is 18.3 Å². The molecule has 0 aromatic carbocycles. The summed E-state index contributed by atoms with van der Waals surface area (Å²) in [5.41, 5.74) is 0.831. The number of aliphatic carboxylic acids is 1. The number of rotatable bonds is 4. The van der Waals surface area contributed by atoms with E-state index in [1.807, 2.05) is 6.07 Å². The number of hydrogen-bond donors (Lipinski definition) is 2. The molecule has 0 spiro atoms. The van der Waals surface area contributed by atoms with Gasteiger partial charge in [-0.1, -0.05) is 0 Å². The molecule has 0 bridgehead atoms. The van der Waals surface area contributed by atoms with E-state index in [9.17, 15) is 4.79 Å². The van der Waals surface area contributed by atoms with Gasteiger partial charge in [-0.25, -0.2) is 4.98 Å². The number of nitriles is 1. The molecule has 5 heteroatoms. The predicted molar refractivity (Wildman–Crippen MR) is 58.8 cm³/mol. The maximum absolute atomic E-state index is 10.8. The van der Waals surface area contributed by atoms with Gasteiger partial charge >= 0.3 is 5.97 Å². The van der Waals surface area contributed by atoms with E-state index in [2.05, 4.69) is 10.3 Å². The zero-order valence-electron chi connectivity index (χ0n) is 9.14. The minimum atomic E-state index is -0.873. The molecule has 1 rings (SSSR count). The summed E-state index contributed by atoms with van der Waals surface area (Å²) in [6, 6.07) is 5.08. The van der Waals surface area contributed by atoms with Crippen LogP contribution in [0.4, 0.5) is 5.69 Å². The van der Waals surface area contributed by atoms with Crippen LogP contribution in [0.5, 0.6) is 0 Å². The number of pyridine rings is 1. The Morgan fingerprint density at radius 3 is 2.88 bits per heavy atom. The lowest BCUT2D eigenvalue weighted by Crippen LogP contribution is -2.30. The first-order chi connectivity index (χ1) is 7.56. The molecule has 5 nitrogen and oxygen atoms in total. The number of carboxylic acids is 1. The minimum absolute atomic E-state index is 0.270. The Bertz CT molecular complexity index is 425. The molecule has 0 aliphatic heterocycles. The van der Waals surface area contributed by atoms with Gasteiger partial charge in [-0.15, -0.1) is 0 Å². The molecule has 0 radical (unpaired) electrons. The van der Waals surface area contributed by atoms with Crippen molar-refractivity contribution in [3.63, 3.8) is 0 Å². The third-order valence-electron chi connectivity index (χ3n) is 2.44. The fourth-order valence-electron chi connectivity index (χ4n) is 1.20. The Hall–Kier alpha value is -2.09. The van der Waals surface area contributed by atoms with Crippen LogP contribution in [0.1, 0.15) is 19.5 Å². The SMILES string of the molecule is CC(Nc1cccnc1C#N)C(C)C(=O)O. The zero-order chi connectivity index (χ0) is 12.1. The second-order valence-corrected chi connectivity index (χ2v) is 3.57.